The van der Waals surface area contributed by atoms with E-state index < -0.39 is 0 Å². The van der Waals surface area contributed by atoms with Gasteiger partial charge in [0.1, 0.15) is 5.82 Å². The van der Waals surface area contributed by atoms with Crippen molar-refractivity contribution in [2.24, 2.45) is 0 Å². The van der Waals surface area contributed by atoms with Gasteiger partial charge in [-0.05, 0) is 37.9 Å². The van der Waals surface area contributed by atoms with Crippen LogP contribution in [0, 0.1) is 5.82 Å². The summed E-state index contributed by atoms with van der Waals surface area (Å²) in [4.78, 5) is 2.37. The van der Waals surface area contributed by atoms with Gasteiger partial charge < -0.3 is 0 Å². The Hall–Kier alpha value is -0.120. The lowest BCUT2D eigenvalue weighted by atomic mass is 9.99. The van der Waals surface area contributed by atoms with Crippen LogP contribution in [-0.4, -0.2) is 23.4 Å². The highest BCUT2D eigenvalue weighted by Gasteiger charge is 2.22. The van der Waals surface area contributed by atoms with Gasteiger partial charge in [-0.2, -0.15) is 0 Å². The summed E-state index contributed by atoms with van der Waals surface area (Å²) in [6.07, 6.45) is 4.66. The van der Waals surface area contributed by atoms with Gasteiger partial charge in [0.2, 0.25) is 0 Å². The zero-order valence-corrected chi connectivity index (χ0v) is 12.7. The lowest BCUT2D eigenvalue weighted by Gasteiger charge is -2.35. The quantitative estimate of drug-likeness (QED) is 0.729. The zero-order chi connectivity index (χ0) is 13.0. The first-order chi connectivity index (χ1) is 8.70. The minimum atomic E-state index is -0.125. The Bertz CT molecular complexity index is 397. The van der Waals surface area contributed by atoms with Crippen molar-refractivity contribution in [2.75, 3.05) is 12.4 Å². The van der Waals surface area contributed by atoms with E-state index in [1.54, 1.807) is 0 Å². The number of likely N-dealkylation sites (tertiary alicyclic amines) is 1. The first kappa shape index (κ1) is 14.3. The monoisotopic (exact) mass is 333 g/mol. The molecule has 2 rings (SSSR count). The van der Waals surface area contributed by atoms with Gasteiger partial charge in [-0.3, -0.25) is 4.90 Å². The summed E-state index contributed by atoms with van der Waals surface area (Å²) < 4.78 is 14.6. The van der Waals surface area contributed by atoms with Crippen molar-refractivity contribution in [3.8, 4) is 0 Å². The van der Waals surface area contributed by atoms with Crippen molar-refractivity contribution in [1.82, 2.24) is 4.90 Å². The van der Waals surface area contributed by atoms with E-state index in [1.165, 1.54) is 25.3 Å². The number of piperidine rings is 1. The minimum absolute atomic E-state index is 0.125. The van der Waals surface area contributed by atoms with Crippen LogP contribution in [0.1, 0.15) is 31.2 Å². The van der Waals surface area contributed by atoms with Gasteiger partial charge in [-0.25, -0.2) is 4.39 Å². The highest BCUT2D eigenvalue weighted by atomic mass is 79.9. The van der Waals surface area contributed by atoms with Crippen LogP contribution in [0.4, 0.5) is 4.39 Å². The van der Waals surface area contributed by atoms with Crippen molar-refractivity contribution in [3.63, 3.8) is 0 Å². The molecule has 0 spiro atoms. The number of alkyl halides is 1. The smallest absolute Gasteiger partial charge is 0.128 e. The summed E-state index contributed by atoms with van der Waals surface area (Å²) in [5.74, 6) is 0.559. The number of hydrogen-bond donors (Lipinski definition) is 0. The third-order valence-electron chi connectivity index (χ3n) is 3.58. The molecular formula is C14H18BrClFN. The predicted molar refractivity (Wildman–Crippen MR) is 77.5 cm³/mol. The maximum Gasteiger partial charge on any atom is 0.128 e. The number of rotatable bonds is 4. The molecule has 0 amide bonds. The van der Waals surface area contributed by atoms with E-state index in [1.807, 2.05) is 12.1 Å². The van der Waals surface area contributed by atoms with Crippen molar-refractivity contribution in [2.45, 2.75) is 38.3 Å². The van der Waals surface area contributed by atoms with E-state index in [-0.39, 0.29) is 5.82 Å². The van der Waals surface area contributed by atoms with E-state index in [0.717, 1.165) is 23.0 Å². The number of halogens is 3. The maximum atomic E-state index is 13.8. The summed E-state index contributed by atoms with van der Waals surface area (Å²) in [5, 5.41) is 0. The Kier molecular flexibility index (Phi) is 5.46. The van der Waals surface area contributed by atoms with Gasteiger partial charge in [0, 0.05) is 28.5 Å². The second-order valence-corrected chi connectivity index (χ2v) is 6.13. The Balaban J connectivity index is 2.06. The van der Waals surface area contributed by atoms with Crippen molar-refractivity contribution < 1.29 is 4.39 Å². The highest BCUT2D eigenvalue weighted by molar-refractivity contribution is 9.10. The molecule has 1 fully saturated rings. The van der Waals surface area contributed by atoms with Crippen LogP contribution in [-0.2, 0) is 6.54 Å². The van der Waals surface area contributed by atoms with Crippen LogP contribution in [0.2, 0.25) is 0 Å². The minimum Gasteiger partial charge on any atom is -0.296 e. The molecule has 1 saturated heterocycles. The van der Waals surface area contributed by atoms with Crippen LogP contribution in [0.15, 0.2) is 22.7 Å². The van der Waals surface area contributed by atoms with Crippen LogP contribution in [0.3, 0.4) is 0 Å². The molecule has 1 aromatic rings. The predicted octanol–water partition coefficient (Wildman–Crippen LogP) is 4.57. The van der Waals surface area contributed by atoms with Gasteiger partial charge in [0.25, 0.3) is 0 Å². The van der Waals surface area contributed by atoms with Gasteiger partial charge >= 0.3 is 0 Å². The molecule has 1 atom stereocenters. The first-order valence-electron chi connectivity index (χ1n) is 6.44. The topological polar surface area (TPSA) is 3.24 Å². The second kappa shape index (κ2) is 6.88. The molecule has 0 aromatic heterocycles. The molecule has 1 heterocycles. The Morgan fingerprint density at radius 1 is 1.39 bits per heavy atom. The van der Waals surface area contributed by atoms with Crippen LogP contribution in [0.25, 0.3) is 0 Å². The van der Waals surface area contributed by atoms with Crippen LogP contribution >= 0.6 is 27.5 Å². The average Bonchev–Trinajstić information content (AvgIpc) is 2.35. The molecule has 1 aliphatic heterocycles. The molecule has 1 aromatic carbocycles. The van der Waals surface area contributed by atoms with Gasteiger partial charge in [-0.15, -0.1) is 11.6 Å². The lowest BCUT2D eigenvalue weighted by Crippen LogP contribution is -2.39. The van der Waals surface area contributed by atoms with E-state index >= 15 is 0 Å². The molecule has 1 nitrogen and oxygen atoms in total. The van der Waals surface area contributed by atoms with Gasteiger partial charge in [0.05, 0.1) is 0 Å². The summed E-state index contributed by atoms with van der Waals surface area (Å²) in [6, 6.07) is 5.82. The van der Waals surface area contributed by atoms with Crippen molar-refractivity contribution in [3.05, 3.63) is 34.1 Å². The first-order valence-corrected chi connectivity index (χ1v) is 7.77. The summed E-state index contributed by atoms with van der Waals surface area (Å²) >= 11 is 9.14. The number of nitrogens with zero attached hydrogens (tertiary/aromatic N) is 1. The van der Waals surface area contributed by atoms with Crippen LogP contribution in [0.5, 0.6) is 0 Å². The molecule has 1 unspecified atom stereocenters. The van der Waals surface area contributed by atoms with Gasteiger partial charge in [0.15, 0.2) is 0 Å². The van der Waals surface area contributed by atoms with E-state index in [2.05, 4.69) is 20.8 Å². The van der Waals surface area contributed by atoms with Crippen molar-refractivity contribution in [1.29, 1.82) is 0 Å². The summed E-state index contributed by atoms with van der Waals surface area (Å²) in [6.45, 7) is 1.75. The van der Waals surface area contributed by atoms with E-state index in [0.29, 0.717) is 18.5 Å². The molecule has 1 aliphatic rings. The van der Waals surface area contributed by atoms with Crippen molar-refractivity contribution >= 4 is 27.5 Å². The fourth-order valence-electron chi connectivity index (χ4n) is 2.59. The molecule has 0 bridgehead atoms. The normalized spacial score (nSPS) is 21.2. The van der Waals surface area contributed by atoms with Crippen LogP contribution < -0.4 is 0 Å². The fraction of sp³-hybridized carbons (Fsp3) is 0.571. The molecule has 0 saturated carbocycles. The molecular weight excluding hydrogens is 317 g/mol. The largest absolute Gasteiger partial charge is 0.296 e. The molecule has 18 heavy (non-hydrogen) atoms. The number of hydrogen-bond acceptors (Lipinski definition) is 1. The Labute approximate surface area is 121 Å². The third kappa shape index (κ3) is 3.69. The summed E-state index contributed by atoms with van der Waals surface area (Å²) in [7, 11) is 0. The SMILES string of the molecule is Fc1cc(Br)ccc1CN1CCCCC1CCCl. The summed E-state index contributed by atoms with van der Waals surface area (Å²) in [5.41, 5.74) is 0.777. The van der Waals surface area contributed by atoms with E-state index in [9.17, 15) is 4.39 Å². The molecule has 4 heteroatoms. The molecule has 0 aliphatic carbocycles. The molecule has 0 N–H and O–H groups in total. The zero-order valence-electron chi connectivity index (χ0n) is 10.3. The Morgan fingerprint density at radius 3 is 2.94 bits per heavy atom. The standard InChI is InChI=1S/C14H18BrClFN/c15-12-5-4-11(14(17)9-12)10-18-8-2-1-3-13(18)6-7-16/h4-5,9,13H,1-3,6-8,10H2. The van der Waals surface area contributed by atoms with E-state index in [4.69, 9.17) is 11.6 Å². The lowest BCUT2D eigenvalue weighted by molar-refractivity contribution is 0.135. The second-order valence-electron chi connectivity index (χ2n) is 4.83. The van der Waals surface area contributed by atoms with Gasteiger partial charge in [-0.1, -0.05) is 28.4 Å². The highest BCUT2D eigenvalue weighted by Crippen LogP contribution is 2.24. The third-order valence-corrected chi connectivity index (χ3v) is 4.29. The molecule has 0 radical (unpaired) electrons. The number of benzene rings is 1. The molecule has 100 valence electrons. The average molecular weight is 335 g/mol. The maximum absolute atomic E-state index is 13.8. The fourth-order valence-corrected chi connectivity index (χ4v) is 3.17. The Morgan fingerprint density at radius 2 is 2.22 bits per heavy atom.